The number of methoxy groups -OCH3 is 1. The van der Waals surface area contributed by atoms with Gasteiger partial charge >= 0.3 is 5.97 Å². The zero-order valence-corrected chi connectivity index (χ0v) is 17.0. The smallest absolute Gasteiger partial charge is 0.303 e. The zero-order valence-electron chi connectivity index (χ0n) is 17.0. The molecule has 3 aliphatic carbocycles. The number of aliphatic carboxylic acids is 1. The van der Waals surface area contributed by atoms with E-state index >= 15 is 0 Å². The van der Waals surface area contributed by atoms with E-state index < -0.39 is 35.6 Å². The molecule has 3 saturated carbocycles. The van der Waals surface area contributed by atoms with Gasteiger partial charge in [-0.3, -0.25) is 4.79 Å². The van der Waals surface area contributed by atoms with Gasteiger partial charge in [-0.25, -0.2) is 0 Å². The van der Waals surface area contributed by atoms with Crippen molar-refractivity contribution in [2.45, 2.75) is 75.6 Å². The number of aliphatic hydroxyl groups is 2. The molecule has 0 aliphatic heterocycles. The summed E-state index contributed by atoms with van der Waals surface area (Å²) >= 11 is 0. The van der Waals surface area contributed by atoms with Crippen LogP contribution in [0.3, 0.4) is 0 Å². The second kappa shape index (κ2) is 9.42. The lowest BCUT2D eigenvalue weighted by Crippen LogP contribution is -2.65. The molecule has 6 atom stereocenters. The lowest BCUT2D eigenvalue weighted by molar-refractivity contribution is -0.168. The van der Waals surface area contributed by atoms with Crippen LogP contribution in [-0.2, 0) is 14.3 Å². The monoisotopic (exact) mass is 404 g/mol. The molecule has 6 heteroatoms. The number of ether oxygens (including phenoxy) is 1. The van der Waals surface area contributed by atoms with Gasteiger partial charge in [-0.2, -0.15) is 0 Å². The van der Waals surface area contributed by atoms with Crippen molar-refractivity contribution in [3.8, 4) is 11.8 Å². The quantitative estimate of drug-likeness (QED) is 0.357. The van der Waals surface area contributed by atoms with E-state index in [0.29, 0.717) is 19.3 Å². The van der Waals surface area contributed by atoms with Crippen molar-refractivity contribution in [3.05, 3.63) is 11.6 Å². The van der Waals surface area contributed by atoms with Crippen molar-refractivity contribution in [2.24, 2.45) is 23.7 Å². The normalized spacial score (nSPS) is 37.0. The molecule has 2 unspecified atom stereocenters. The fourth-order valence-corrected chi connectivity index (χ4v) is 5.58. The van der Waals surface area contributed by atoms with Gasteiger partial charge in [-0.1, -0.05) is 37.2 Å². The number of rotatable bonds is 6. The molecule has 0 radical (unpaired) electrons. The van der Waals surface area contributed by atoms with Gasteiger partial charge in [-0.15, -0.1) is 0 Å². The van der Waals surface area contributed by atoms with E-state index in [-0.39, 0.29) is 18.3 Å². The van der Waals surface area contributed by atoms with Crippen LogP contribution < -0.4 is 0 Å². The second-order valence-corrected chi connectivity index (χ2v) is 8.64. The Kier molecular flexibility index (Phi) is 7.15. The predicted molar refractivity (Wildman–Crippen MR) is 107 cm³/mol. The third kappa shape index (κ3) is 4.28. The maximum atomic E-state index is 11.9. The minimum atomic E-state index is -0.883. The topological polar surface area (TPSA) is 104 Å². The molecular weight excluding hydrogens is 372 g/mol. The van der Waals surface area contributed by atoms with Gasteiger partial charge in [-0.05, 0) is 43.6 Å². The van der Waals surface area contributed by atoms with E-state index in [0.717, 1.165) is 37.5 Å². The summed E-state index contributed by atoms with van der Waals surface area (Å²) in [5, 5.41) is 30.0. The maximum Gasteiger partial charge on any atom is 0.303 e. The number of hydrogen-bond acceptors (Lipinski definition) is 5. The number of fused-ring (bicyclic) bond motifs is 1. The highest BCUT2D eigenvalue weighted by Gasteiger charge is 2.64. The molecule has 3 rings (SSSR count). The standard InChI is InChI=1S/C23H32O6/c1-29-23-13-12-20(26)16(10-11-19(25)15-6-3-2-4-7-15)22(23)17(14-24)18(23)8-5-9-21(27)28/h8,14-17,19-20,22,25-26H,2-7,9,12-13H2,1H3,(H,27,28)/b18-8-/t16-,17?,19?,20+,22+,23-/m1/s1. The summed E-state index contributed by atoms with van der Waals surface area (Å²) in [7, 11) is 1.60. The zero-order chi connectivity index (χ0) is 21.0. The number of allylic oxidation sites excluding steroid dienone is 1. The molecule has 0 aromatic carbocycles. The summed E-state index contributed by atoms with van der Waals surface area (Å²) in [6.07, 6.45) is 8.08. The van der Waals surface area contributed by atoms with Crippen LogP contribution in [0.15, 0.2) is 11.6 Å². The maximum absolute atomic E-state index is 11.9. The van der Waals surface area contributed by atoms with E-state index in [1.807, 2.05) is 6.08 Å². The predicted octanol–water partition coefficient (Wildman–Crippen LogP) is 2.32. The summed E-state index contributed by atoms with van der Waals surface area (Å²) in [4.78, 5) is 22.7. The van der Waals surface area contributed by atoms with Crippen LogP contribution in [0.1, 0.15) is 57.8 Å². The summed E-state index contributed by atoms with van der Waals surface area (Å²) < 4.78 is 5.87. The van der Waals surface area contributed by atoms with E-state index in [2.05, 4.69) is 11.8 Å². The molecule has 0 heterocycles. The fourth-order valence-electron chi connectivity index (χ4n) is 5.58. The summed E-state index contributed by atoms with van der Waals surface area (Å²) in [5.74, 6) is 4.21. The highest BCUT2D eigenvalue weighted by atomic mass is 16.5. The Morgan fingerprint density at radius 1 is 1.31 bits per heavy atom. The van der Waals surface area contributed by atoms with Gasteiger partial charge in [0.25, 0.3) is 0 Å². The van der Waals surface area contributed by atoms with Gasteiger partial charge in [0.15, 0.2) is 0 Å². The van der Waals surface area contributed by atoms with Crippen molar-refractivity contribution in [3.63, 3.8) is 0 Å². The highest BCUT2D eigenvalue weighted by Crippen LogP contribution is 2.59. The summed E-state index contributed by atoms with van der Waals surface area (Å²) in [5.41, 5.74) is 0.131. The third-order valence-electron chi connectivity index (χ3n) is 7.11. The second-order valence-electron chi connectivity index (χ2n) is 8.64. The number of carbonyl (C=O) groups excluding carboxylic acids is 1. The average molecular weight is 405 g/mol. The molecule has 6 nitrogen and oxygen atoms in total. The summed E-state index contributed by atoms with van der Waals surface area (Å²) in [6.45, 7) is 0. The molecule has 3 fully saturated rings. The lowest BCUT2D eigenvalue weighted by Gasteiger charge is -2.60. The number of hydrogen-bond donors (Lipinski definition) is 3. The highest BCUT2D eigenvalue weighted by molar-refractivity contribution is 5.68. The lowest BCUT2D eigenvalue weighted by atomic mass is 9.48. The Bertz CT molecular complexity index is 698. The third-order valence-corrected chi connectivity index (χ3v) is 7.11. The number of aliphatic hydroxyl groups excluding tert-OH is 2. The van der Waals surface area contributed by atoms with E-state index in [1.54, 1.807) is 7.11 Å². The minimum absolute atomic E-state index is 0.00101. The first-order chi connectivity index (χ1) is 13.9. The van der Waals surface area contributed by atoms with Crippen molar-refractivity contribution in [1.29, 1.82) is 0 Å². The first-order valence-electron chi connectivity index (χ1n) is 10.7. The van der Waals surface area contributed by atoms with Gasteiger partial charge < -0.3 is 24.9 Å². The Hall–Kier alpha value is -1.68. The Balaban J connectivity index is 1.81. The van der Waals surface area contributed by atoms with Gasteiger partial charge in [0.05, 0.1) is 17.6 Å². The number of aldehydes is 1. The van der Waals surface area contributed by atoms with Crippen LogP contribution in [0.4, 0.5) is 0 Å². The largest absolute Gasteiger partial charge is 0.481 e. The van der Waals surface area contributed by atoms with Gasteiger partial charge in [0.2, 0.25) is 0 Å². The Morgan fingerprint density at radius 2 is 2.03 bits per heavy atom. The number of carboxylic acid groups (broad SMARTS) is 1. The molecule has 0 saturated heterocycles. The van der Waals surface area contributed by atoms with E-state index in [9.17, 15) is 19.8 Å². The van der Waals surface area contributed by atoms with E-state index in [4.69, 9.17) is 9.84 Å². The molecule has 0 aromatic rings. The van der Waals surface area contributed by atoms with Crippen LogP contribution in [0.25, 0.3) is 0 Å². The molecular formula is C23H32O6. The van der Waals surface area contributed by atoms with Gasteiger partial charge in [0.1, 0.15) is 12.4 Å². The van der Waals surface area contributed by atoms with Gasteiger partial charge in [0, 0.05) is 25.4 Å². The number of carbonyl (C=O) groups is 2. The molecule has 160 valence electrons. The number of carboxylic acids is 1. The van der Waals surface area contributed by atoms with Crippen molar-refractivity contribution >= 4 is 12.3 Å². The Morgan fingerprint density at radius 3 is 2.66 bits per heavy atom. The van der Waals surface area contributed by atoms with Crippen LogP contribution in [0.5, 0.6) is 0 Å². The van der Waals surface area contributed by atoms with Crippen LogP contribution in [0.2, 0.25) is 0 Å². The first-order valence-corrected chi connectivity index (χ1v) is 10.7. The Labute approximate surface area is 172 Å². The van der Waals surface area contributed by atoms with Crippen molar-refractivity contribution in [1.82, 2.24) is 0 Å². The average Bonchev–Trinajstić information content (AvgIpc) is 2.72. The van der Waals surface area contributed by atoms with Crippen LogP contribution in [0, 0.1) is 35.5 Å². The molecule has 0 amide bonds. The van der Waals surface area contributed by atoms with Crippen LogP contribution in [-0.4, -0.2) is 52.5 Å². The van der Waals surface area contributed by atoms with Crippen molar-refractivity contribution in [2.75, 3.05) is 7.11 Å². The van der Waals surface area contributed by atoms with Crippen molar-refractivity contribution < 1.29 is 29.6 Å². The van der Waals surface area contributed by atoms with E-state index in [1.165, 1.54) is 6.42 Å². The molecule has 0 spiro atoms. The molecule has 3 aliphatic rings. The molecule has 0 bridgehead atoms. The van der Waals surface area contributed by atoms with Crippen LogP contribution >= 0.6 is 0 Å². The molecule has 0 aromatic heterocycles. The summed E-state index contributed by atoms with van der Waals surface area (Å²) in [6, 6.07) is 0. The fraction of sp³-hybridized carbons (Fsp3) is 0.739. The molecule has 3 N–H and O–H groups in total. The first kappa shape index (κ1) is 22.0. The minimum Gasteiger partial charge on any atom is -0.481 e. The SMILES string of the molecule is CO[C@@]12CC[C@H](O)[C@@H](C#CC(O)C3CCCCC3)[C@H]1C(C=O)/C2=C/CCC(=O)O. The molecule has 29 heavy (non-hydrogen) atoms.